The molecular formula is C21H26N2O3S. The maximum absolute atomic E-state index is 12.4. The van der Waals surface area contributed by atoms with Crippen molar-refractivity contribution in [3.05, 3.63) is 51.9 Å². The summed E-state index contributed by atoms with van der Waals surface area (Å²) in [7, 11) is 0. The first-order valence-electron chi connectivity index (χ1n) is 9.55. The Bertz CT molecular complexity index is 786. The average Bonchev–Trinajstić information content (AvgIpc) is 3.04. The molecule has 0 aliphatic heterocycles. The highest BCUT2D eigenvalue weighted by molar-refractivity contribution is 7.17. The van der Waals surface area contributed by atoms with Crippen molar-refractivity contribution in [2.45, 2.75) is 45.6 Å². The molecule has 2 N–H and O–H groups in total. The number of hydrogen-bond donors (Lipinski definition) is 2. The minimum Gasteiger partial charge on any atom is -0.462 e. The summed E-state index contributed by atoms with van der Waals surface area (Å²) in [4.78, 5) is 26.0. The van der Waals surface area contributed by atoms with E-state index in [9.17, 15) is 9.59 Å². The van der Waals surface area contributed by atoms with Crippen LogP contribution in [-0.2, 0) is 28.9 Å². The van der Waals surface area contributed by atoms with Gasteiger partial charge in [0.05, 0.1) is 12.2 Å². The maximum Gasteiger partial charge on any atom is 0.341 e. The highest BCUT2D eigenvalue weighted by Gasteiger charge is 2.27. The van der Waals surface area contributed by atoms with Crippen molar-refractivity contribution in [1.82, 2.24) is 5.32 Å². The van der Waals surface area contributed by atoms with Gasteiger partial charge < -0.3 is 15.4 Å². The van der Waals surface area contributed by atoms with E-state index in [4.69, 9.17) is 4.74 Å². The Labute approximate surface area is 164 Å². The van der Waals surface area contributed by atoms with Crippen molar-refractivity contribution in [2.75, 3.05) is 18.5 Å². The zero-order valence-electron chi connectivity index (χ0n) is 15.7. The van der Waals surface area contributed by atoms with E-state index in [0.717, 1.165) is 37.8 Å². The Morgan fingerprint density at radius 1 is 1.15 bits per heavy atom. The van der Waals surface area contributed by atoms with Gasteiger partial charge in [-0.15, -0.1) is 11.3 Å². The van der Waals surface area contributed by atoms with Gasteiger partial charge in [-0.3, -0.25) is 4.79 Å². The van der Waals surface area contributed by atoms with E-state index in [2.05, 4.69) is 22.8 Å². The van der Waals surface area contributed by atoms with Gasteiger partial charge in [-0.25, -0.2) is 4.79 Å². The number of carbonyl (C=O) groups is 2. The summed E-state index contributed by atoms with van der Waals surface area (Å²) < 4.78 is 5.23. The van der Waals surface area contributed by atoms with Gasteiger partial charge >= 0.3 is 5.97 Å². The Morgan fingerprint density at radius 3 is 2.70 bits per heavy atom. The Kier molecular flexibility index (Phi) is 7.01. The van der Waals surface area contributed by atoms with Gasteiger partial charge in [0.1, 0.15) is 5.00 Å². The van der Waals surface area contributed by atoms with Crippen LogP contribution in [0.2, 0.25) is 0 Å². The summed E-state index contributed by atoms with van der Waals surface area (Å²) in [5.74, 6) is -0.408. The molecule has 1 aromatic carbocycles. The van der Waals surface area contributed by atoms with Crippen molar-refractivity contribution < 1.29 is 14.3 Å². The molecule has 1 amide bonds. The summed E-state index contributed by atoms with van der Waals surface area (Å²) in [6.07, 6.45) is 4.42. The summed E-state index contributed by atoms with van der Waals surface area (Å²) in [5.41, 5.74) is 2.83. The summed E-state index contributed by atoms with van der Waals surface area (Å²) in [5, 5.41) is 6.87. The first kappa shape index (κ1) is 19.6. The van der Waals surface area contributed by atoms with Crippen LogP contribution < -0.4 is 10.6 Å². The van der Waals surface area contributed by atoms with Crippen LogP contribution in [0.15, 0.2) is 30.3 Å². The Morgan fingerprint density at radius 2 is 1.93 bits per heavy atom. The molecule has 0 radical (unpaired) electrons. The predicted molar refractivity (Wildman–Crippen MR) is 108 cm³/mol. The third kappa shape index (κ3) is 5.17. The molecule has 5 nitrogen and oxygen atoms in total. The van der Waals surface area contributed by atoms with Crippen molar-refractivity contribution in [1.29, 1.82) is 0 Å². The average molecular weight is 387 g/mol. The number of hydrogen-bond acceptors (Lipinski definition) is 5. The van der Waals surface area contributed by atoms with Gasteiger partial charge in [0.15, 0.2) is 0 Å². The molecule has 1 aliphatic rings. The number of thiophene rings is 1. The molecule has 1 heterocycles. The van der Waals surface area contributed by atoms with Gasteiger partial charge in [-0.1, -0.05) is 30.3 Å². The summed E-state index contributed by atoms with van der Waals surface area (Å²) in [6, 6.07) is 10.1. The Balaban J connectivity index is 1.58. The smallest absolute Gasteiger partial charge is 0.341 e. The van der Waals surface area contributed by atoms with E-state index in [1.54, 1.807) is 6.92 Å². The second-order valence-corrected chi connectivity index (χ2v) is 7.70. The minimum absolute atomic E-state index is 0.0836. The van der Waals surface area contributed by atoms with Gasteiger partial charge in [0.25, 0.3) is 0 Å². The second kappa shape index (κ2) is 9.67. The molecule has 0 bridgehead atoms. The molecule has 0 fully saturated rings. The lowest BCUT2D eigenvalue weighted by Crippen LogP contribution is -2.22. The number of anilines is 1. The Hall–Kier alpha value is -2.18. The van der Waals surface area contributed by atoms with E-state index in [1.807, 2.05) is 18.2 Å². The largest absolute Gasteiger partial charge is 0.462 e. The molecular weight excluding hydrogens is 360 g/mol. The van der Waals surface area contributed by atoms with Crippen LogP contribution in [0, 0.1) is 0 Å². The molecule has 27 heavy (non-hydrogen) atoms. The zero-order chi connectivity index (χ0) is 19.1. The van der Waals surface area contributed by atoms with Crippen LogP contribution >= 0.6 is 11.3 Å². The third-order valence-electron chi connectivity index (χ3n) is 4.60. The number of aryl methyl sites for hydroxylation is 1. The quantitative estimate of drug-likeness (QED) is 0.533. The lowest BCUT2D eigenvalue weighted by atomic mass is 9.95. The fourth-order valence-corrected chi connectivity index (χ4v) is 4.59. The molecule has 0 saturated heterocycles. The predicted octanol–water partition coefficient (Wildman–Crippen LogP) is 3.92. The van der Waals surface area contributed by atoms with Crippen molar-refractivity contribution in [2.24, 2.45) is 0 Å². The SMILES string of the molecule is CCOC(=O)c1c(NC(=O)CCNCc2ccccc2)sc2c1CCCC2. The topological polar surface area (TPSA) is 67.4 Å². The van der Waals surface area contributed by atoms with Crippen LogP contribution in [0.4, 0.5) is 5.00 Å². The first-order valence-corrected chi connectivity index (χ1v) is 10.4. The molecule has 1 aromatic heterocycles. The summed E-state index contributed by atoms with van der Waals surface area (Å²) in [6.45, 7) is 3.45. The molecule has 144 valence electrons. The number of esters is 1. The highest BCUT2D eigenvalue weighted by atomic mass is 32.1. The van der Waals surface area contributed by atoms with Crippen molar-refractivity contribution >= 4 is 28.2 Å². The van der Waals surface area contributed by atoms with Crippen LogP contribution in [0.1, 0.15) is 52.5 Å². The lowest BCUT2D eigenvalue weighted by Gasteiger charge is -2.12. The fraction of sp³-hybridized carbons (Fsp3) is 0.429. The summed E-state index contributed by atoms with van der Waals surface area (Å²) >= 11 is 1.53. The molecule has 0 atom stereocenters. The standard InChI is InChI=1S/C21H26N2O3S/c1-2-26-21(25)19-16-10-6-7-11-17(16)27-20(19)23-18(24)12-13-22-14-15-8-4-3-5-9-15/h3-5,8-9,22H,2,6-7,10-14H2,1H3,(H,23,24). The van der Waals surface area contributed by atoms with Crippen molar-refractivity contribution in [3.63, 3.8) is 0 Å². The van der Waals surface area contributed by atoms with Gasteiger partial charge in [0.2, 0.25) is 5.91 Å². The van der Waals surface area contributed by atoms with E-state index in [-0.39, 0.29) is 11.9 Å². The zero-order valence-corrected chi connectivity index (χ0v) is 16.5. The van der Waals surface area contributed by atoms with Gasteiger partial charge in [0, 0.05) is 24.4 Å². The number of nitrogens with one attached hydrogen (secondary N) is 2. The lowest BCUT2D eigenvalue weighted by molar-refractivity contribution is -0.116. The second-order valence-electron chi connectivity index (χ2n) is 6.60. The van der Waals surface area contributed by atoms with Gasteiger partial charge in [-0.05, 0) is 43.7 Å². The highest BCUT2D eigenvalue weighted by Crippen LogP contribution is 2.38. The molecule has 6 heteroatoms. The molecule has 1 aliphatic carbocycles. The number of fused-ring (bicyclic) bond motifs is 1. The number of carbonyl (C=O) groups excluding carboxylic acids is 2. The van der Waals surface area contributed by atoms with Crippen LogP contribution in [0.25, 0.3) is 0 Å². The fourth-order valence-electron chi connectivity index (χ4n) is 3.29. The maximum atomic E-state index is 12.4. The number of rotatable bonds is 8. The van der Waals surface area contributed by atoms with Crippen molar-refractivity contribution in [3.8, 4) is 0 Å². The molecule has 3 rings (SSSR count). The van der Waals surface area contributed by atoms with Crippen LogP contribution in [0.5, 0.6) is 0 Å². The minimum atomic E-state index is -0.325. The molecule has 0 spiro atoms. The molecule has 0 unspecified atom stereocenters. The normalized spacial score (nSPS) is 13.1. The number of ether oxygens (including phenoxy) is 1. The van der Waals surface area contributed by atoms with E-state index in [1.165, 1.54) is 21.8 Å². The van der Waals surface area contributed by atoms with Crippen LogP contribution in [0.3, 0.4) is 0 Å². The number of benzene rings is 1. The molecule has 2 aromatic rings. The monoisotopic (exact) mass is 386 g/mol. The van der Waals surface area contributed by atoms with E-state index in [0.29, 0.717) is 30.1 Å². The number of amides is 1. The molecule has 0 saturated carbocycles. The van der Waals surface area contributed by atoms with E-state index >= 15 is 0 Å². The third-order valence-corrected chi connectivity index (χ3v) is 5.81. The first-order chi connectivity index (χ1) is 13.2. The van der Waals surface area contributed by atoms with Gasteiger partial charge in [-0.2, -0.15) is 0 Å². The van der Waals surface area contributed by atoms with E-state index < -0.39 is 0 Å². The van der Waals surface area contributed by atoms with Crippen LogP contribution in [-0.4, -0.2) is 25.0 Å².